The van der Waals surface area contributed by atoms with Crippen LogP contribution in [0.25, 0.3) is 0 Å². The lowest BCUT2D eigenvalue weighted by Gasteiger charge is -2.24. The minimum atomic E-state index is -0.344. The number of likely N-dealkylation sites (tertiary alicyclic amines) is 1. The van der Waals surface area contributed by atoms with E-state index in [0.29, 0.717) is 0 Å². The summed E-state index contributed by atoms with van der Waals surface area (Å²) in [5.74, 6) is -0.0318. The normalized spacial score (nSPS) is 25.9. The van der Waals surface area contributed by atoms with Crippen LogP contribution in [0.15, 0.2) is 0 Å². The molecule has 2 N–H and O–H groups in total. The van der Waals surface area contributed by atoms with Gasteiger partial charge in [-0.3, -0.25) is 4.79 Å². The largest absolute Gasteiger partial charge is 0.354 e. The molecule has 0 saturated carbocycles. The lowest BCUT2D eigenvalue weighted by molar-refractivity contribution is -0.122. The van der Waals surface area contributed by atoms with Crippen molar-refractivity contribution in [2.75, 3.05) is 19.6 Å². The van der Waals surface area contributed by atoms with Crippen molar-refractivity contribution in [3.05, 3.63) is 0 Å². The second kappa shape index (κ2) is 6.61. The highest BCUT2D eigenvalue weighted by Gasteiger charge is 2.24. The molecule has 18 heavy (non-hydrogen) atoms. The number of nitrogens with zero attached hydrogens (tertiary/aromatic N) is 1. The van der Waals surface area contributed by atoms with Gasteiger partial charge in [0, 0.05) is 19.6 Å². The number of hydrogen-bond donors (Lipinski definition) is 2. The Bertz CT molecular complexity index is 299. The topological polar surface area (TPSA) is 61.4 Å². The van der Waals surface area contributed by atoms with Crippen LogP contribution >= 0.6 is 0 Å². The van der Waals surface area contributed by atoms with Crippen LogP contribution in [0.3, 0.4) is 0 Å². The first-order valence-corrected chi connectivity index (χ1v) is 7.10. The van der Waals surface area contributed by atoms with Gasteiger partial charge in [-0.2, -0.15) is 0 Å². The summed E-state index contributed by atoms with van der Waals surface area (Å²) in [7, 11) is 0. The summed E-state index contributed by atoms with van der Waals surface area (Å²) in [4.78, 5) is 25.7. The molecule has 5 heteroatoms. The first kappa shape index (κ1) is 13.2. The molecule has 0 aromatic carbocycles. The highest BCUT2D eigenvalue weighted by Crippen LogP contribution is 2.11. The summed E-state index contributed by atoms with van der Waals surface area (Å²) < 4.78 is 0. The molecule has 5 nitrogen and oxygen atoms in total. The molecule has 2 aliphatic rings. The highest BCUT2D eigenvalue weighted by atomic mass is 16.2. The van der Waals surface area contributed by atoms with Crippen molar-refractivity contribution < 1.29 is 9.59 Å². The first-order valence-electron chi connectivity index (χ1n) is 7.10. The molecule has 2 heterocycles. The molecule has 1 unspecified atom stereocenters. The smallest absolute Gasteiger partial charge is 0.318 e. The second-order valence-electron chi connectivity index (χ2n) is 5.19. The third kappa shape index (κ3) is 3.62. The van der Waals surface area contributed by atoms with Crippen LogP contribution in [-0.4, -0.2) is 42.5 Å². The molecule has 0 aliphatic carbocycles. The minimum Gasteiger partial charge on any atom is -0.354 e. The summed E-state index contributed by atoms with van der Waals surface area (Å²) in [6, 6.07) is -0.415. The van der Waals surface area contributed by atoms with Crippen LogP contribution in [0.5, 0.6) is 0 Å². The quantitative estimate of drug-likeness (QED) is 0.738. The van der Waals surface area contributed by atoms with E-state index in [-0.39, 0.29) is 18.0 Å². The maximum Gasteiger partial charge on any atom is 0.318 e. The average Bonchev–Trinajstić information content (AvgIpc) is 2.73. The fourth-order valence-electron chi connectivity index (χ4n) is 2.59. The monoisotopic (exact) mass is 253 g/mol. The predicted octanol–water partition coefficient (Wildman–Crippen LogP) is 1.24. The van der Waals surface area contributed by atoms with Crippen molar-refractivity contribution in [2.24, 2.45) is 0 Å². The third-order valence-electron chi connectivity index (χ3n) is 3.73. The number of amides is 3. The second-order valence-corrected chi connectivity index (χ2v) is 5.19. The molecule has 0 spiro atoms. The van der Waals surface area contributed by atoms with E-state index in [1.54, 1.807) is 0 Å². The SMILES string of the molecule is O=C1NCCCCC1NC(=O)N1CCCCCC1. The summed E-state index contributed by atoms with van der Waals surface area (Å²) in [5.41, 5.74) is 0. The summed E-state index contributed by atoms with van der Waals surface area (Å²) in [6.07, 6.45) is 7.30. The lowest BCUT2D eigenvalue weighted by atomic mass is 10.1. The van der Waals surface area contributed by atoms with Gasteiger partial charge in [0.25, 0.3) is 0 Å². The Morgan fingerprint density at radius 2 is 1.83 bits per heavy atom. The molecule has 2 rings (SSSR count). The maximum atomic E-state index is 12.1. The van der Waals surface area contributed by atoms with E-state index in [1.807, 2.05) is 4.90 Å². The Morgan fingerprint density at radius 1 is 1.11 bits per heavy atom. The zero-order valence-electron chi connectivity index (χ0n) is 10.9. The highest BCUT2D eigenvalue weighted by molar-refractivity contribution is 5.87. The summed E-state index contributed by atoms with van der Waals surface area (Å²) in [6.45, 7) is 2.37. The third-order valence-corrected chi connectivity index (χ3v) is 3.73. The average molecular weight is 253 g/mol. The molecule has 2 saturated heterocycles. The minimum absolute atomic E-state index is 0.0318. The van der Waals surface area contributed by atoms with Crippen LogP contribution in [0, 0.1) is 0 Å². The van der Waals surface area contributed by atoms with Crippen LogP contribution in [0.4, 0.5) is 4.79 Å². The van der Waals surface area contributed by atoms with Crippen molar-refractivity contribution in [3.63, 3.8) is 0 Å². The van der Waals surface area contributed by atoms with Crippen molar-refractivity contribution >= 4 is 11.9 Å². The predicted molar refractivity (Wildman–Crippen MR) is 69.2 cm³/mol. The molecule has 2 fully saturated rings. The summed E-state index contributed by atoms with van der Waals surface area (Å²) in [5, 5.41) is 5.72. The van der Waals surface area contributed by atoms with E-state index in [4.69, 9.17) is 0 Å². The van der Waals surface area contributed by atoms with Crippen molar-refractivity contribution in [2.45, 2.75) is 51.0 Å². The van der Waals surface area contributed by atoms with E-state index in [9.17, 15) is 9.59 Å². The molecule has 3 amide bonds. The first-order chi connectivity index (χ1) is 8.77. The van der Waals surface area contributed by atoms with E-state index in [1.165, 1.54) is 12.8 Å². The number of carbonyl (C=O) groups excluding carboxylic acids is 2. The van der Waals surface area contributed by atoms with E-state index < -0.39 is 0 Å². The molecule has 0 radical (unpaired) electrons. The van der Waals surface area contributed by atoms with E-state index in [0.717, 1.165) is 51.7 Å². The van der Waals surface area contributed by atoms with Gasteiger partial charge in [0.1, 0.15) is 6.04 Å². The molecular weight excluding hydrogens is 230 g/mol. The molecular formula is C13H23N3O2. The summed E-state index contributed by atoms with van der Waals surface area (Å²) >= 11 is 0. The number of nitrogens with one attached hydrogen (secondary N) is 2. The van der Waals surface area contributed by atoms with Crippen LogP contribution in [0.2, 0.25) is 0 Å². The zero-order chi connectivity index (χ0) is 12.8. The number of urea groups is 1. The molecule has 2 aliphatic heterocycles. The van der Waals surface area contributed by atoms with Gasteiger partial charge in [-0.1, -0.05) is 12.8 Å². The van der Waals surface area contributed by atoms with E-state index >= 15 is 0 Å². The Hall–Kier alpha value is -1.26. The molecule has 0 aromatic heterocycles. The number of hydrogen-bond acceptors (Lipinski definition) is 2. The Labute approximate surface area is 108 Å². The Balaban J connectivity index is 1.86. The van der Waals surface area contributed by atoms with Crippen molar-refractivity contribution in [3.8, 4) is 0 Å². The van der Waals surface area contributed by atoms with Crippen molar-refractivity contribution in [1.82, 2.24) is 15.5 Å². The molecule has 102 valence electrons. The van der Waals surface area contributed by atoms with Gasteiger partial charge in [0.05, 0.1) is 0 Å². The van der Waals surface area contributed by atoms with Crippen molar-refractivity contribution in [1.29, 1.82) is 0 Å². The van der Waals surface area contributed by atoms with Crippen LogP contribution < -0.4 is 10.6 Å². The fourth-order valence-corrected chi connectivity index (χ4v) is 2.59. The van der Waals surface area contributed by atoms with Gasteiger partial charge in [-0.05, 0) is 32.1 Å². The van der Waals surface area contributed by atoms with E-state index in [2.05, 4.69) is 10.6 Å². The maximum absolute atomic E-state index is 12.1. The van der Waals surface area contributed by atoms with Crippen LogP contribution in [-0.2, 0) is 4.79 Å². The van der Waals surface area contributed by atoms with Crippen LogP contribution in [0.1, 0.15) is 44.9 Å². The fraction of sp³-hybridized carbons (Fsp3) is 0.846. The lowest BCUT2D eigenvalue weighted by Crippen LogP contribution is -2.50. The molecule has 1 atom stereocenters. The Morgan fingerprint density at radius 3 is 2.56 bits per heavy atom. The van der Waals surface area contributed by atoms with Gasteiger partial charge < -0.3 is 15.5 Å². The Kier molecular flexibility index (Phi) is 4.84. The van der Waals surface area contributed by atoms with Gasteiger partial charge in [-0.15, -0.1) is 0 Å². The van der Waals surface area contributed by atoms with Gasteiger partial charge in [-0.25, -0.2) is 4.79 Å². The van der Waals surface area contributed by atoms with Gasteiger partial charge in [0.15, 0.2) is 0 Å². The zero-order valence-corrected chi connectivity index (χ0v) is 10.9. The number of rotatable bonds is 1. The van der Waals surface area contributed by atoms with Gasteiger partial charge in [0.2, 0.25) is 5.91 Å². The molecule has 0 bridgehead atoms. The van der Waals surface area contributed by atoms with Gasteiger partial charge >= 0.3 is 6.03 Å². The molecule has 0 aromatic rings. The number of carbonyl (C=O) groups is 2. The standard InChI is InChI=1S/C13H23N3O2/c17-12-11(7-3-4-8-14-12)15-13(18)16-9-5-1-2-6-10-16/h11H,1-10H2,(H,14,17)(H,15,18).